The molecule has 0 amide bonds. The number of nitrogens with two attached hydrogens (primary N) is 1. The molecule has 9 nitrogen and oxygen atoms in total. The lowest BCUT2D eigenvalue weighted by Gasteiger charge is -2.19. The summed E-state index contributed by atoms with van der Waals surface area (Å²) in [6.07, 6.45) is 42.6. The summed E-state index contributed by atoms with van der Waals surface area (Å²) in [6, 6.07) is 0. The molecule has 10 heteroatoms. The molecule has 0 aromatic carbocycles. The molecule has 0 rings (SSSR count). The molecule has 0 aliphatic rings. The van der Waals surface area contributed by atoms with Crippen LogP contribution in [0.5, 0.6) is 0 Å². The third kappa shape index (κ3) is 37.3. The maximum Gasteiger partial charge on any atom is 0.472 e. The quantitative estimate of drug-likeness (QED) is 0.0279. The van der Waals surface area contributed by atoms with Gasteiger partial charge in [0.2, 0.25) is 0 Å². The molecular formula is C41H72NO8P. The van der Waals surface area contributed by atoms with E-state index in [1.54, 1.807) is 0 Å². The van der Waals surface area contributed by atoms with Gasteiger partial charge in [-0.15, -0.1) is 0 Å². The average Bonchev–Trinajstić information content (AvgIpc) is 3.11. The molecule has 2 unspecified atom stereocenters. The molecule has 0 aliphatic heterocycles. The number of hydrogen-bond acceptors (Lipinski definition) is 8. The minimum Gasteiger partial charge on any atom is -0.462 e. The Morgan fingerprint density at radius 2 is 1.08 bits per heavy atom. The third-order valence-corrected chi connectivity index (χ3v) is 8.90. The molecule has 0 aromatic heterocycles. The van der Waals surface area contributed by atoms with Gasteiger partial charge in [0.15, 0.2) is 6.10 Å². The van der Waals surface area contributed by atoms with Crippen LogP contribution in [0.15, 0.2) is 60.8 Å². The first-order valence-electron chi connectivity index (χ1n) is 19.8. The number of rotatable bonds is 36. The lowest BCUT2D eigenvalue weighted by atomic mass is 10.1. The van der Waals surface area contributed by atoms with Crippen molar-refractivity contribution < 1.29 is 37.6 Å². The first-order valence-corrected chi connectivity index (χ1v) is 21.3. The van der Waals surface area contributed by atoms with Gasteiger partial charge >= 0.3 is 19.8 Å². The lowest BCUT2D eigenvalue weighted by Crippen LogP contribution is -2.29. The van der Waals surface area contributed by atoms with Crippen molar-refractivity contribution in [3.63, 3.8) is 0 Å². The molecular weight excluding hydrogens is 665 g/mol. The maximum atomic E-state index is 12.5. The van der Waals surface area contributed by atoms with E-state index in [0.717, 1.165) is 83.5 Å². The second-order valence-electron chi connectivity index (χ2n) is 12.8. The van der Waals surface area contributed by atoms with Crippen molar-refractivity contribution in [1.29, 1.82) is 0 Å². The van der Waals surface area contributed by atoms with Crippen LogP contribution in [0.1, 0.15) is 155 Å². The van der Waals surface area contributed by atoms with Crippen molar-refractivity contribution in [2.75, 3.05) is 26.4 Å². The van der Waals surface area contributed by atoms with Crippen LogP contribution in [-0.2, 0) is 32.7 Å². The van der Waals surface area contributed by atoms with Crippen molar-refractivity contribution in [3.8, 4) is 0 Å². The Labute approximate surface area is 310 Å². The first kappa shape index (κ1) is 48.7. The average molecular weight is 738 g/mol. The predicted molar refractivity (Wildman–Crippen MR) is 210 cm³/mol. The van der Waals surface area contributed by atoms with Crippen LogP contribution >= 0.6 is 7.82 Å². The maximum absolute atomic E-state index is 12.5. The minimum absolute atomic E-state index is 0.0478. The molecule has 0 aromatic rings. The zero-order valence-electron chi connectivity index (χ0n) is 32.1. The van der Waals surface area contributed by atoms with Crippen LogP contribution in [0.25, 0.3) is 0 Å². The molecule has 0 heterocycles. The number of esters is 2. The lowest BCUT2D eigenvalue weighted by molar-refractivity contribution is -0.161. The number of phosphoric acid groups is 1. The van der Waals surface area contributed by atoms with Gasteiger partial charge in [0.25, 0.3) is 0 Å². The van der Waals surface area contributed by atoms with Gasteiger partial charge in [-0.2, -0.15) is 0 Å². The zero-order chi connectivity index (χ0) is 37.5. The molecule has 51 heavy (non-hydrogen) atoms. The van der Waals surface area contributed by atoms with Crippen molar-refractivity contribution in [2.45, 2.75) is 161 Å². The second-order valence-corrected chi connectivity index (χ2v) is 14.2. The van der Waals surface area contributed by atoms with Crippen LogP contribution in [0, 0.1) is 0 Å². The summed E-state index contributed by atoms with van der Waals surface area (Å²) >= 11 is 0. The molecule has 3 N–H and O–H groups in total. The summed E-state index contributed by atoms with van der Waals surface area (Å²) in [4.78, 5) is 34.7. The molecule has 0 bridgehead atoms. The Morgan fingerprint density at radius 1 is 0.608 bits per heavy atom. The number of ether oxygens (including phenoxy) is 2. The predicted octanol–water partition coefficient (Wildman–Crippen LogP) is 10.9. The number of hydrogen-bond donors (Lipinski definition) is 2. The van der Waals surface area contributed by atoms with Gasteiger partial charge in [0, 0.05) is 19.4 Å². The Morgan fingerprint density at radius 3 is 1.61 bits per heavy atom. The van der Waals surface area contributed by atoms with E-state index in [4.69, 9.17) is 24.3 Å². The molecule has 0 radical (unpaired) electrons. The van der Waals surface area contributed by atoms with E-state index in [1.807, 2.05) is 0 Å². The topological polar surface area (TPSA) is 134 Å². The van der Waals surface area contributed by atoms with Crippen LogP contribution in [-0.4, -0.2) is 49.3 Å². The van der Waals surface area contributed by atoms with Crippen LogP contribution in [0.3, 0.4) is 0 Å². The zero-order valence-corrected chi connectivity index (χ0v) is 33.0. The number of unbranched alkanes of at least 4 members (excludes halogenated alkanes) is 13. The summed E-state index contributed by atoms with van der Waals surface area (Å²) < 4.78 is 32.6. The molecule has 0 fully saturated rings. The van der Waals surface area contributed by atoms with Crippen molar-refractivity contribution in [1.82, 2.24) is 0 Å². The summed E-state index contributed by atoms with van der Waals surface area (Å²) in [5.74, 6) is -0.858. The van der Waals surface area contributed by atoms with E-state index in [2.05, 4.69) is 74.6 Å². The minimum atomic E-state index is -4.38. The first-order chi connectivity index (χ1) is 24.8. The van der Waals surface area contributed by atoms with Crippen LogP contribution in [0.4, 0.5) is 0 Å². The smallest absolute Gasteiger partial charge is 0.462 e. The highest BCUT2D eigenvalue weighted by Gasteiger charge is 2.25. The van der Waals surface area contributed by atoms with Gasteiger partial charge in [-0.1, -0.05) is 145 Å². The van der Waals surface area contributed by atoms with E-state index in [9.17, 15) is 19.0 Å². The number of phosphoric ester groups is 1. The van der Waals surface area contributed by atoms with Crippen molar-refractivity contribution in [3.05, 3.63) is 60.8 Å². The van der Waals surface area contributed by atoms with Gasteiger partial charge in [-0.05, 0) is 57.8 Å². The van der Waals surface area contributed by atoms with Gasteiger partial charge < -0.3 is 20.1 Å². The van der Waals surface area contributed by atoms with E-state index in [-0.39, 0.29) is 32.6 Å². The fourth-order valence-electron chi connectivity index (χ4n) is 5.01. The highest BCUT2D eigenvalue weighted by molar-refractivity contribution is 7.47. The number of carbonyl (C=O) groups excluding carboxylic acids is 2. The Hall–Kier alpha value is -2.29. The Kier molecular flexibility index (Phi) is 35.8. The fourth-order valence-corrected chi connectivity index (χ4v) is 5.78. The van der Waals surface area contributed by atoms with Gasteiger partial charge in [0.1, 0.15) is 6.61 Å². The second kappa shape index (κ2) is 37.5. The normalized spacial score (nSPS) is 14.0. The van der Waals surface area contributed by atoms with Crippen molar-refractivity contribution in [2.24, 2.45) is 5.73 Å². The molecule has 294 valence electrons. The molecule has 0 spiro atoms. The van der Waals surface area contributed by atoms with E-state index < -0.39 is 32.5 Å². The van der Waals surface area contributed by atoms with E-state index in [1.165, 1.54) is 38.5 Å². The van der Waals surface area contributed by atoms with Gasteiger partial charge in [-0.25, -0.2) is 4.57 Å². The van der Waals surface area contributed by atoms with Gasteiger partial charge in [-0.3, -0.25) is 18.6 Å². The molecule has 0 aliphatic carbocycles. The highest BCUT2D eigenvalue weighted by Crippen LogP contribution is 2.43. The van der Waals surface area contributed by atoms with Crippen LogP contribution < -0.4 is 5.73 Å². The fraction of sp³-hybridized carbons (Fsp3) is 0.707. The number of carbonyl (C=O) groups is 2. The van der Waals surface area contributed by atoms with E-state index in [0.29, 0.717) is 6.42 Å². The Balaban J connectivity index is 4.21. The monoisotopic (exact) mass is 737 g/mol. The molecule has 0 saturated heterocycles. The van der Waals surface area contributed by atoms with Crippen LogP contribution in [0.2, 0.25) is 0 Å². The summed E-state index contributed by atoms with van der Waals surface area (Å²) in [6.45, 7) is 3.55. The molecule has 2 atom stereocenters. The molecule has 0 saturated carbocycles. The standard InChI is InChI=1S/C41H72NO8P/c1-3-5-7-9-11-13-14-15-16-17-18-19-20-21-22-23-24-26-28-30-32-34-41(44)50-39(38-49-51(45,46)48-36-35-42)37-47-40(43)33-31-29-27-25-12-10-8-6-4-2/h5,7,11,13,15-16,18-19,21-22,39H,3-4,6,8-10,12,14,17,20,23-38,42H2,1-2H3,(H,45,46)/b7-5-,13-11-,16-15-,19-18-,22-21-. The third-order valence-electron chi connectivity index (χ3n) is 7.92. The Bertz CT molecular complexity index is 1020. The largest absolute Gasteiger partial charge is 0.472 e. The number of allylic oxidation sites excluding steroid dienone is 10. The summed E-state index contributed by atoms with van der Waals surface area (Å²) in [7, 11) is -4.38. The summed E-state index contributed by atoms with van der Waals surface area (Å²) in [5, 5.41) is 0. The highest BCUT2D eigenvalue weighted by atomic mass is 31.2. The van der Waals surface area contributed by atoms with E-state index >= 15 is 0 Å². The van der Waals surface area contributed by atoms with Crippen molar-refractivity contribution >= 4 is 19.8 Å². The van der Waals surface area contributed by atoms with Gasteiger partial charge in [0.05, 0.1) is 13.2 Å². The SMILES string of the molecule is CC/C=C\C/C=C\C/C=C\C/C=C\C/C=C\CCCCCCCC(=O)OC(COC(=O)CCCCCCCCCCC)COP(=O)(O)OCCN. The summed E-state index contributed by atoms with van der Waals surface area (Å²) in [5.41, 5.74) is 5.33.